The summed E-state index contributed by atoms with van der Waals surface area (Å²) in [6, 6.07) is 8.33. The minimum Gasteiger partial charge on any atom is -0.336 e. The molecule has 0 saturated carbocycles. The third kappa shape index (κ3) is 3.32. The molecule has 2 aromatic carbocycles. The highest BCUT2D eigenvalue weighted by atomic mass is 19.1. The number of rotatable bonds is 4. The van der Waals surface area contributed by atoms with E-state index in [9.17, 15) is 23.2 Å². The molecule has 2 aromatic rings. The molecule has 0 spiro atoms. The summed E-state index contributed by atoms with van der Waals surface area (Å²) < 4.78 is 26.5. The van der Waals surface area contributed by atoms with Gasteiger partial charge in [0.25, 0.3) is 11.8 Å². The number of carbonyl (C=O) groups excluding carboxylic acids is 3. The average molecular weight is 345 g/mol. The number of hydrogen-bond donors (Lipinski definition) is 2. The van der Waals surface area contributed by atoms with Crippen molar-refractivity contribution in [2.24, 2.45) is 0 Å². The molecule has 1 aliphatic heterocycles. The SMILES string of the molecule is O=C(NCCN1C(=O)c2ccccc2C1=O)Nc1cc(F)ccc1F. The Morgan fingerprint density at radius 2 is 1.64 bits per heavy atom. The van der Waals surface area contributed by atoms with E-state index in [1.165, 1.54) is 0 Å². The van der Waals surface area contributed by atoms with Gasteiger partial charge in [-0.1, -0.05) is 12.1 Å². The predicted molar refractivity (Wildman–Crippen MR) is 85.2 cm³/mol. The van der Waals surface area contributed by atoms with Gasteiger partial charge >= 0.3 is 6.03 Å². The minimum absolute atomic E-state index is 0.0335. The molecule has 6 nitrogen and oxygen atoms in total. The van der Waals surface area contributed by atoms with Crippen LogP contribution < -0.4 is 10.6 Å². The Balaban J connectivity index is 1.55. The van der Waals surface area contributed by atoms with Crippen LogP contribution in [0.4, 0.5) is 19.3 Å². The summed E-state index contributed by atoms with van der Waals surface area (Å²) in [5.74, 6) is -2.34. The van der Waals surface area contributed by atoms with Crippen LogP contribution in [-0.4, -0.2) is 35.8 Å². The minimum atomic E-state index is -0.781. The lowest BCUT2D eigenvalue weighted by atomic mass is 10.1. The number of imide groups is 1. The van der Waals surface area contributed by atoms with Gasteiger partial charge in [0.05, 0.1) is 16.8 Å². The van der Waals surface area contributed by atoms with Gasteiger partial charge in [-0.15, -0.1) is 0 Å². The molecule has 3 rings (SSSR count). The van der Waals surface area contributed by atoms with E-state index in [2.05, 4.69) is 10.6 Å². The third-order valence-corrected chi connectivity index (χ3v) is 3.68. The number of nitrogens with zero attached hydrogens (tertiary/aromatic N) is 1. The molecule has 1 aliphatic rings. The van der Waals surface area contributed by atoms with E-state index in [0.717, 1.165) is 23.1 Å². The zero-order valence-corrected chi connectivity index (χ0v) is 12.9. The highest BCUT2D eigenvalue weighted by Gasteiger charge is 2.34. The first-order valence-corrected chi connectivity index (χ1v) is 7.42. The zero-order valence-electron chi connectivity index (χ0n) is 12.9. The lowest BCUT2D eigenvalue weighted by Crippen LogP contribution is -2.39. The van der Waals surface area contributed by atoms with E-state index >= 15 is 0 Å². The molecule has 25 heavy (non-hydrogen) atoms. The highest BCUT2D eigenvalue weighted by Crippen LogP contribution is 2.21. The number of carbonyl (C=O) groups is 3. The fourth-order valence-electron chi connectivity index (χ4n) is 2.48. The first-order valence-electron chi connectivity index (χ1n) is 7.42. The van der Waals surface area contributed by atoms with Gasteiger partial charge in [0.2, 0.25) is 0 Å². The molecule has 1 heterocycles. The topological polar surface area (TPSA) is 78.5 Å². The van der Waals surface area contributed by atoms with Crippen molar-refractivity contribution in [2.75, 3.05) is 18.4 Å². The van der Waals surface area contributed by atoms with E-state index in [1.807, 2.05) is 0 Å². The zero-order chi connectivity index (χ0) is 18.0. The summed E-state index contributed by atoms with van der Waals surface area (Å²) >= 11 is 0. The number of halogens is 2. The molecule has 0 atom stereocenters. The second-order valence-corrected chi connectivity index (χ2v) is 5.31. The van der Waals surface area contributed by atoms with E-state index in [-0.39, 0.29) is 18.8 Å². The Hall–Kier alpha value is -3.29. The van der Waals surface area contributed by atoms with Crippen LogP contribution in [0, 0.1) is 11.6 Å². The van der Waals surface area contributed by atoms with Crippen LogP contribution in [0.25, 0.3) is 0 Å². The quantitative estimate of drug-likeness (QED) is 0.835. The predicted octanol–water partition coefficient (Wildman–Crippen LogP) is 2.38. The van der Waals surface area contributed by atoms with E-state index in [1.54, 1.807) is 24.3 Å². The molecule has 2 N–H and O–H groups in total. The van der Waals surface area contributed by atoms with Gasteiger partial charge in [-0.3, -0.25) is 14.5 Å². The van der Waals surface area contributed by atoms with Gasteiger partial charge < -0.3 is 10.6 Å². The number of anilines is 1. The molecule has 4 amide bonds. The van der Waals surface area contributed by atoms with Gasteiger partial charge in [0.1, 0.15) is 11.6 Å². The lowest BCUT2D eigenvalue weighted by Gasteiger charge is -2.14. The number of benzene rings is 2. The maximum Gasteiger partial charge on any atom is 0.319 e. The van der Waals surface area contributed by atoms with Gasteiger partial charge in [0, 0.05) is 19.2 Å². The number of hydrogen-bond acceptors (Lipinski definition) is 3. The van der Waals surface area contributed by atoms with E-state index < -0.39 is 29.5 Å². The normalized spacial score (nSPS) is 13.0. The van der Waals surface area contributed by atoms with Gasteiger partial charge in [-0.25, -0.2) is 13.6 Å². The van der Waals surface area contributed by atoms with Crippen molar-refractivity contribution in [1.29, 1.82) is 0 Å². The molecule has 8 heteroatoms. The van der Waals surface area contributed by atoms with Crippen molar-refractivity contribution in [3.8, 4) is 0 Å². The number of urea groups is 1. The summed E-state index contributed by atoms with van der Waals surface area (Å²) in [7, 11) is 0. The molecule has 0 fully saturated rings. The molecular weight excluding hydrogens is 332 g/mol. The lowest BCUT2D eigenvalue weighted by molar-refractivity contribution is 0.0656. The summed E-state index contributed by atoms with van der Waals surface area (Å²) in [6.07, 6.45) is 0. The Morgan fingerprint density at radius 3 is 2.28 bits per heavy atom. The molecule has 0 radical (unpaired) electrons. The second kappa shape index (κ2) is 6.68. The van der Waals surface area contributed by atoms with Crippen molar-refractivity contribution in [2.45, 2.75) is 0 Å². The molecule has 128 valence electrons. The van der Waals surface area contributed by atoms with Crippen LogP contribution in [0.5, 0.6) is 0 Å². The van der Waals surface area contributed by atoms with Gasteiger partial charge in [-0.05, 0) is 24.3 Å². The van der Waals surface area contributed by atoms with E-state index in [4.69, 9.17) is 0 Å². The summed E-state index contributed by atoms with van der Waals surface area (Å²) in [4.78, 5) is 37.0. The summed E-state index contributed by atoms with van der Waals surface area (Å²) in [6.45, 7) is -0.0698. The molecule has 0 unspecified atom stereocenters. The third-order valence-electron chi connectivity index (χ3n) is 3.68. The highest BCUT2D eigenvalue weighted by molar-refractivity contribution is 6.21. The first kappa shape index (κ1) is 16.6. The van der Waals surface area contributed by atoms with Crippen molar-refractivity contribution in [3.63, 3.8) is 0 Å². The number of fused-ring (bicyclic) bond motifs is 1. The monoisotopic (exact) mass is 345 g/mol. The van der Waals surface area contributed by atoms with Crippen LogP contribution in [0.15, 0.2) is 42.5 Å². The fraction of sp³-hybridized carbons (Fsp3) is 0.118. The maximum atomic E-state index is 13.4. The molecule has 0 bridgehead atoms. The van der Waals surface area contributed by atoms with E-state index in [0.29, 0.717) is 11.1 Å². The molecule has 0 aliphatic carbocycles. The Labute approximate surface area is 141 Å². The number of nitrogens with one attached hydrogen (secondary N) is 2. The molecular formula is C17H13F2N3O3. The van der Waals surface area contributed by atoms with Crippen LogP contribution in [0.3, 0.4) is 0 Å². The Kier molecular flexibility index (Phi) is 4.42. The van der Waals surface area contributed by atoms with Crippen LogP contribution >= 0.6 is 0 Å². The molecule has 0 aromatic heterocycles. The van der Waals surface area contributed by atoms with Gasteiger partial charge in [-0.2, -0.15) is 0 Å². The summed E-state index contributed by atoms with van der Waals surface area (Å²) in [5.41, 5.74) is 0.329. The van der Waals surface area contributed by atoms with Gasteiger partial charge in [0.15, 0.2) is 0 Å². The number of amides is 4. The molecule has 0 saturated heterocycles. The fourth-order valence-corrected chi connectivity index (χ4v) is 2.48. The average Bonchev–Trinajstić information content (AvgIpc) is 2.83. The first-order chi connectivity index (χ1) is 12.0. The van der Waals surface area contributed by atoms with Crippen LogP contribution in [0.1, 0.15) is 20.7 Å². The summed E-state index contributed by atoms with van der Waals surface area (Å²) in [5, 5.41) is 4.55. The van der Waals surface area contributed by atoms with Crippen LogP contribution in [0.2, 0.25) is 0 Å². The maximum absolute atomic E-state index is 13.4. The second-order valence-electron chi connectivity index (χ2n) is 5.31. The van der Waals surface area contributed by atoms with Crippen molar-refractivity contribution in [3.05, 3.63) is 65.2 Å². The van der Waals surface area contributed by atoms with Crippen molar-refractivity contribution >= 4 is 23.5 Å². The Bertz CT molecular complexity index is 835. The smallest absolute Gasteiger partial charge is 0.319 e. The Morgan fingerprint density at radius 1 is 1.00 bits per heavy atom. The van der Waals surface area contributed by atoms with Crippen molar-refractivity contribution in [1.82, 2.24) is 10.2 Å². The largest absolute Gasteiger partial charge is 0.336 e. The standard InChI is InChI=1S/C17H13F2N3O3/c18-10-5-6-13(19)14(9-10)21-17(25)20-7-8-22-15(23)11-3-1-2-4-12(11)16(22)24/h1-6,9H,7-8H2,(H2,20,21,25). The van der Waals surface area contributed by atoms with Crippen LogP contribution in [-0.2, 0) is 0 Å². The van der Waals surface area contributed by atoms with Crippen molar-refractivity contribution < 1.29 is 23.2 Å².